The monoisotopic (exact) mass is 308 g/mol. The molecule has 0 bridgehead atoms. The first-order chi connectivity index (χ1) is 8.15. The van der Waals surface area contributed by atoms with Gasteiger partial charge in [0.1, 0.15) is 0 Å². The average molecular weight is 308 g/mol. The smallest absolute Gasteiger partial charge is 0.418 e. The van der Waals surface area contributed by atoms with Crippen molar-refractivity contribution in [1.29, 1.82) is 0 Å². The van der Waals surface area contributed by atoms with Gasteiger partial charge in [0.25, 0.3) is 0 Å². The summed E-state index contributed by atoms with van der Waals surface area (Å²) in [7, 11) is -5.75. The zero-order chi connectivity index (χ0) is 16.7. The Bertz CT molecular complexity index is 133. The van der Waals surface area contributed by atoms with E-state index in [1.165, 1.54) is 17.7 Å². The maximum atomic E-state index is 9.75. The Morgan fingerprint density at radius 3 is 0.947 bits per heavy atom. The van der Waals surface area contributed by atoms with Crippen molar-refractivity contribution in [3.63, 3.8) is 0 Å². The van der Waals surface area contributed by atoms with Crippen molar-refractivity contribution in [2.24, 2.45) is 0 Å². The molecule has 19 heavy (non-hydrogen) atoms. The standard InChI is InChI=1S/C4H11N.C3H9N.2BF4/c1-2-3-4-5;1-4(2)3;2*2-1(3,4)5/h2-5H2,1H3;1-3H3;;/q;;2*-1/p+2. The van der Waals surface area contributed by atoms with Crippen LogP contribution in [0.3, 0.4) is 0 Å². The minimum atomic E-state index is -6.00. The van der Waals surface area contributed by atoms with Crippen molar-refractivity contribution >= 4 is 14.5 Å². The van der Waals surface area contributed by atoms with Crippen LogP contribution in [0.1, 0.15) is 19.8 Å². The van der Waals surface area contributed by atoms with E-state index in [-0.39, 0.29) is 0 Å². The van der Waals surface area contributed by atoms with E-state index in [4.69, 9.17) is 0 Å². The third-order valence-electron chi connectivity index (χ3n) is 0.604. The molecule has 0 fully saturated rings. The predicted octanol–water partition coefficient (Wildman–Crippen LogP) is 1.39. The molecule has 0 aromatic rings. The van der Waals surface area contributed by atoms with Crippen molar-refractivity contribution in [2.75, 3.05) is 27.7 Å². The molecule has 0 saturated heterocycles. The number of quaternary nitrogens is 2. The molecule has 0 atom stereocenters. The summed E-state index contributed by atoms with van der Waals surface area (Å²) < 4.78 is 78.0. The van der Waals surface area contributed by atoms with Gasteiger partial charge in [-0.1, -0.05) is 13.3 Å². The molecule has 0 radical (unpaired) electrons. The molecule has 0 rings (SSSR count). The molecule has 0 spiro atoms. The summed E-state index contributed by atoms with van der Waals surface area (Å²) >= 11 is 0. The summed E-state index contributed by atoms with van der Waals surface area (Å²) in [6.45, 7) is 3.27. The van der Waals surface area contributed by atoms with Crippen LogP contribution in [0.15, 0.2) is 0 Å². The van der Waals surface area contributed by atoms with Gasteiger partial charge < -0.3 is 45.2 Å². The Morgan fingerprint density at radius 2 is 0.947 bits per heavy atom. The number of unbranched alkanes of at least 4 members (excludes halogenated alkanes) is 1. The molecule has 0 aliphatic rings. The van der Waals surface area contributed by atoms with Crippen molar-refractivity contribution in [3.8, 4) is 0 Å². The van der Waals surface area contributed by atoms with E-state index in [9.17, 15) is 34.5 Å². The quantitative estimate of drug-likeness (QED) is 0.571. The van der Waals surface area contributed by atoms with Gasteiger partial charge in [0.15, 0.2) is 0 Å². The molecule has 0 heterocycles. The van der Waals surface area contributed by atoms with E-state index < -0.39 is 14.5 Å². The fourth-order valence-corrected chi connectivity index (χ4v) is 0.250. The molecule has 2 nitrogen and oxygen atoms in total. The molecule has 0 aromatic carbocycles. The Kier molecular flexibility index (Phi) is 22.0. The average Bonchev–Trinajstić information content (AvgIpc) is 1.96. The van der Waals surface area contributed by atoms with Crippen molar-refractivity contribution in [2.45, 2.75) is 19.8 Å². The zero-order valence-corrected chi connectivity index (χ0v) is 11.5. The minimum Gasteiger partial charge on any atom is -0.418 e. The second-order valence-corrected chi connectivity index (χ2v) is 3.70. The minimum absolute atomic E-state index is 1.09. The van der Waals surface area contributed by atoms with Gasteiger partial charge in [-0.05, 0) is 6.42 Å². The zero-order valence-electron chi connectivity index (χ0n) is 11.5. The Balaban J connectivity index is -0.0000000793. The lowest BCUT2D eigenvalue weighted by Crippen LogP contribution is -3.02. The molecular formula is C7H22B2F8N2. The maximum Gasteiger partial charge on any atom is 0.673 e. The summed E-state index contributed by atoms with van der Waals surface area (Å²) in [5, 5.41) is 0. The molecular weight excluding hydrogens is 286 g/mol. The first-order valence-electron chi connectivity index (χ1n) is 5.45. The fraction of sp³-hybridized carbons (Fsp3) is 1.00. The molecule has 122 valence electrons. The number of hydrogen-bond acceptors (Lipinski definition) is 0. The van der Waals surface area contributed by atoms with Crippen molar-refractivity contribution in [1.82, 2.24) is 0 Å². The summed E-state index contributed by atoms with van der Waals surface area (Å²) in [6.07, 6.45) is 2.56. The van der Waals surface area contributed by atoms with Gasteiger partial charge in [-0.25, -0.2) is 0 Å². The topological polar surface area (TPSA) is 32.1 Å². The Labute approximate surface area is 108 Å². The predicted molar refractivity (Wildman–Crippen MR) is 61.8 cm³/mol. The highest BCUT2D eigenvalue weighted by Crippen LogP contribution is 2.07. The van der Waals surface area contributed by atoms with Crippen LogP contribution < -0.4 is 10.6 Å². The number of hydrogen-bond donors (Lipinski definition) is 2. The van der Waals surface area contributed by atoms with E-state index in [1.54, 1.807) is 0 Å². The first kappa shape index (κ1) is 26.9. The second-order valence-electron chi connectivity index (χ2n) is 3.70. The molecule has 12 heteroatoms. The van der Waals surface area contributed by atoms with Gasteiger partial charge >= 0.3 is 14.5 Å². The highest BCUT2D eigenvalue weighted by atomic mass is 19.5. The number of halogens is 8. The largest absolute Gasteiger partial charge is 0.673 e. The number of nitrogens with one attached hydrogen (secondary N) is 1. The highest BCUT2D eigenvalue weighted by Gasteiger charge is 2.21. The number of rotatable bonds is 2. The van der Waals surface area contributed by atoms with E-state index in [0.717, 1.165) is 6.54 Å². The van der Waals surface area contributed by atoms with Crippen LogP contribution in [0.2, 0.25) is 0 Å². The fourth-order valence-electron chi connectivity index (χ4n) is 0.250. The van der Waals surface area contributed by atoms with Gasteiger partial charge in [-0.15, -0.1) is 0 Å². The summed E-state index contributed by atoms with van der Waals surface area (Å²) in [6, 6.07) is 0. The Morgan fingerprint density at radius 1 is 0.789 bits per heavy atom. The Hall–Kier alpha value is -0.510. The lowest BCUT2D eigenvalue weighted by molar-refractivity contribution is -0.836. The van der Waals surface area contributed by atoms with Gasteiger partial charge in [-0.3, -0.25) is 0 Å². The van der Waals surface area contributed by atoms with Crippen LogP contribution in [0.4, 0.5) is 34.5 Å². The third-order valence-corrected chi connectivity index (χ3v) is 0.604. The van der Waals surface area contributed by atoms with Gasteiger partial charge in [-0.2, -0.15) is 0 Å². The van der Waals surface area contributed by atoms with Gasteiger partial charge in [0.2, 0.25) is 0 Å². The van der Waals surface area contributed by atoms with Crippen LogP contribution in [0, 0.1) is 0 Å². The molecule has 0 aromatic heterocycles. The van der Waals surface area contributed by atoms with Gasteiger partial charge in [0.05, 0.1) is 27.7 Å². The SMILES string of the molecule is CCCC[NH3+].C[NH+](C)C.F[B-](F)(F)F.F[B-](F)(F)F. The summed E-state index contributed by atoms with van der Waals surface area (Å²) in [4.78, 5) is 1.42. The van der Waals surface area contributed by atoms with Crippen LogP contribution in [0.25, 0.3) is 0 Å². The van der Waals surface area contributed by atoms with Crippen LogP contribution >= 0.6 is 0 Å². The molecule has 0 aliphatic heterocycles. The summed E-state index contributed by atoms with van der Waals surface area (Å²) in [5.74, 6) is 0. The van der Waals surface area contributed by atoms with Crippen LogP contribution in [-0.4, -0.2) is 42.2 Å². The van der Waals surface area contributed by atoms with E-state index in [2.05, 4.69) is 33.8 Å². The van der Waals surface area contributed by atoms with E-state index >= 15 is 0 Å². The third kappa shape index (κ3) is 1890. The maximum absolute atomic E-state index is 9.75. The normalized spacial score (nSPS) is 10.4. The lowest BCUT2D eigenvalue weighted by atomic mass is 10.3. The molecule has 0 aliphatic carbocycles. The lowest BCUT2D eigenvalue weighted by Gasteiger charge is -1.94. The van der Waals surface area contributed by atoms with E-state index in [1.807, 2.05) is 0 Å². The molecule has 0 amide bonds. The summed E-state index contributed by atoms with van der Waals surface area (Å²) in [5.41, 5.74) is 3.68. The van der Waals surface area contributed by atoms with E-state index in [0.29, 0.717) is 0 Å². The van der Waals surface area contributed by atoms with Crippen molar-refractivity contribution < 1.29 is 45.2 Å². The first-order valence-corrected chi connectivity index (χ1v) is 5.45. The molecule has 0 saturated carbocycles. The highest BCUT2D eigenvalue weighted by molar-refractivity contribution is 6.50. The molecule has 4 N–H and O–H groups in total. The van der Waals surface area contributed by atoms with Crippen LogP contribution in [0.5, 0.6) is 0 Å². The second kappa shape index (κ2) is 15.5. The van der Waals surface area contributed by atoms with Crippen LogP contribution in [-0.2, 0) is 0 Å². The van der Waals surface area contributed by atoms with Crippen molar-refractivity contribution in [3.05, 3.63) is 0 Å². The van der Waals surface area contributed by atoms with Gasteiger partial charge in [0, 0.05) is 0 Å². The molecule has 0 unspecified atom stereocenters.